The highest BCUT2D eigenvalue weighted by Gasteiger charge is 2.48. The number of amides is 1. The zero-order valence-electron chi connectivity index (χ0n) is 8.90. The van der Waals surface area contributed by atoms with Gasteiger partial charge in [-0.3, -0.25) is 9.59 Å². The van der Waals surface area contributed by atoms with E-state index in [1.54, 1.807) is 11.3 Å². The number of hydrogen-bond acceptors (Lipinski definition) is 3. The number of aryl methyl sites for hydroxylation is 1. The molecule has 1 aliphatic carbocycles. The highest BCUT2D eigenvalue weighted by Crippen LogP contribution is 2.38. The second-order valence-corrected chi connectivity index (χ2v) is 5.03. The second-order valence-electron chi connectivity index (χ2n) is 4.03. The lowest BCUT2D eigenvalue weighted by atomic mass is 10.2. The third kappa shape index (κ3) is 2.24. The van der Waals surface area contributed by atoms with Crippen LogP contribution in [0.2, 0.25) is 0 Å². The molecule has 86 valence electrons. The summed E-state index contributed by atoms with van der Waals surface area (Å²) in [7, 11) is 0. The summed E-state index contributed by atoms with van der Waals surface area (Å²) in [5.41, 5.74) is 1.16. The molecule has 0 saturated heterocycles. The molecule has 5 heteroatoms. The van der Waals surface area contributed by atoms with E-state index in [0.717, 1.165) is 10.4 Å². The molecule has 0 radical (unpaired) electrons. The molecule has 0 aromatic carbocycles. The molecule has 2 unspecified atom stereocenters. The fourth-order valence-corrected chi connectivity index (χ4v) is 2.49. The molecule has 1 amide bonds. The number of carbonyl (C=O) groups excluding carboxylic acids is 1. The Morgan fingerprint density at radius 3 is 2.81 bits per heavy atom. The fourth-order valence-electron chi connectivity index (χ4n) is 1.64. The molecule has 2 atom stereocenters. The van der Waals surface area contributed by atoms with Crippen molar-refractivity contribution < 1.29 is 14.7 Å². The molecule has 1 fully saturated rings. The third-order valence-corrected chi connectivity index (χ3v) is 3.86. The molecule has 0 bridgehead atoms. The number of carboxylic acid groups (broad SMARTS) is 1. The van der Waals surface area contributed by atoms with Gasteiger partial charge in [-0.2, -0.15) is 0 Å². The Bertz CT molecular complexity index is 427. The van der Waals surface area contributed by atoms with Gasteiger partial charge in [-0.05, 0) is 30.4 Å². The summed E-state index contributed by atoms with van der Waals surface area (Å²) in [6, 6.07) is 2.00. The molecule has 1 saturated carbocycles. The smallest absolute Gasteiger partial charge is 0.307 e. The molecule has 1 heterocycles. The first kappa shape index (κ1) is 11.1. The Labute approximate surface area is 97.3 Å². The van der Waals surface area contributed by atoms with Crippen LogP contribution in [0.15, 0.2) is 11.4 Å². The second kappa shape index (κ2) is 4.25. The summed E-state index contributed by atoms with van der Waals surface area (Å²) in [6.45, 7) is 2.50. The molecule has 4 nitrogen and oxygen atoms in total. The van der Waals surface area contributed by atoms with Gasteiger partial charge in [0.2, 0.25) is 5.91 Å². The van der Waals surface area contributed by atoms with Crippen molar-refractivity contribution in [2.45, 2.75) is 19.9 Å². The summed E-state index contributed by atoms with van der Waals surface area (Å²) in [5.74, 6) is -1.80. The first-order chi connectivity index (χ1) is 7.59. The molecule has 1 aliphatic rings. The Morgan fingerprint density at radius 1 is 1.56 bits per heavy atom. The van der Waals surface area contributed by atoms with E-state index in [1.807, 2.05) is 18.4 Å². The maximum absolute atomic E-state index is 11.6. The van der Waals surface area contributed by atoms with Crippen molar-refractivity contribution in [2.24, 2.45) is 11.8 Å². The predicted octanol–water partition coefficient (Wildman–Crippen LogP) is 1.39. The van der Waals surface area contributed by atoms with Crippen LogP contribution in [0, 0.1) is 18.8 Å². The molecular weight excluding hydrogens is 226 g/mol. The van der Waals surface area contributed by atoms with Crippen LogP contribution in [0.4, 0.5) is 0 Å². The van der Waals surface area contributed by atoms with E-state index >= 15 is 0 Å². The van der Waals surface area contributed by atoms with Gasteiger partial charge in [0.25, 0.3) is 0 Å². The number of thiophene rings is 1. The first-order valence-electron chi connectivity index (χ1n) is 5.13. The highest BCUT2D eigenvalue weighted by atomic mass is 32.1. The minimum Gasteiger partial charge on any atom is -0.481 e. The lowest BCUT2D eigenvalue weighted by molar-refractivity contribution is -0.140. The summed E-state index contributed by atoms with van der Waals surface area (Å²) in [4.78, 5) is 23.3. The number of aliphatic carboxylic acids is 1. The van der Waals surface area contributed by atoms with Gasteiger partial charge < -0.3 is 10.4 Å². The summed E-state index contributed by atoms with van der Waals surface area (Å²) in [6.07, 6.45) is 0.477. The van der Waals surface area contributed by atoms with Crippen LogP contribution in [0.1, 0.15) is 16.9 Å². The van der Waals surface area contributed by atoms with Gasteiger partial charge in [-0.25, -0.2) is 0 Å². The normalized spacial score (nSPS) is 22.8. The van der Waals surface area contributed by atoms with Crippen LogP contribution >= 0.6 is 11.3 Å². The number of carbonyl (C=O) groups is 2. The zero-order valence-corrected chi connectivity index (χ0v) is 9.71. The quantitative estimate of drug-likeness (QED) is 0.834. The van der Waals surface area contributed by atoms with Crippen LogP contribution in [0.25, 0.3) is 0 Å². The van der Waals surface area contributed by atoms with Crippen molar-refractivity contribution in [3.8, 4) is 0 Å². The van der Waals surface area contributed by atoms with Crippen LogP contribution in [0.5, 0.6) is 0 Å². The number of nitrogens with one attached hydrogen (secondary N) is 1. The number of carboxylic acids is 1. The van der Waals surface area contributed by atoms with Crippen LogP contribution in [0.3, 0.4) is 0 Å². The van der Waals surface area contributed by atoms with Crippen molar-refractivity contribution in [2.75, 3.05) is 0 Å². The van der Waals surface area contributed by atoms with Gasteiger partial charge in [0.15, 0.2) is 0 Å². The van der Waals surface area contributed by atoms with Crippen molar-refractivity contribution in [1.82, 2.24) is 5.32 Å². The molecule has 2 rings (SSSR count). The van der Waals surface area contributed by atoms with Crippen LogP contribution in [-0.4, -0.2) is 17.0 Å². The monoisotopic (exact) mass is 239 g/mol. The first-order valence-corrected chi connectivity index (χ1v) is 6.01. The van der Waals surface area contributed by atoms with E-state index in [2.05, 4.69) is 5.32 Å². The fraction of sp³-hybridized carbons (Fsp3) is 0.455. The topological polar surface area (TPSA) is 66.4 Å². The van der Waals surface area contributed by atoms with Crippen molar-refractivity contribution in [3.63, 3.8) is 0 Å². The SMILES string of the molecule is Cc1ccsc1CNC(=O)C1CC1C(=O)O. The van der Waals surface area contributed by atoms with Crippen LogP contribution in [-0.2, 0) is 16.1 Å². The van der Waals surface area contributed by atoms with Gasteiger partial charge >= 0.3 is 5.97 Å². The molecule has 16 heavy (non-hydrogen) atoms. The largest absolute Gasteiger partial charge is 0.481 e. The number of hydrogen-bond donors (Lipinski definition) is 2. The minimum atomic E-state index is -0.868. The van der Waals surface area contributed by atoms with Gasteiger partial charge in [-0.15, -0.1) is 11.3 Å². The van der Waals surface area contributed by atoms with Crippen LogP contribution < -0.4 is 5.32 Å². The van der Waals surface area contributed by atoms with E-state index in [4.69, 9.17) is 5.11 Å². The lowest BCUT2D eigenvalue weighted by Gasteiger charge is -2.03. The minimum absolute atomic E-state index is 0.139. The zero-order chi connectivity index (χ0) is 11.7. The molecule has 1 aromatic heterocycles. The molecular formula is C11H13NO3S. The Kier molecular flexibility index (Phi) is 2.96. The summed E-state index contributed by atoms with van der Waals surface area (Å²) in [5, 5.41) is 13.5. The number of rotatable bonds is 4. The van der Waals surface area contributed by atoms with Gasteiger partial charge in [-0.1, -0.05) is 0 Å². The van der Waals surface area contributed by atoms with E-state index in [9.17, 15) is 9.59 Å². The summed E-state index contributed by atoms with van der Waals surface area (Å²) >= 11 is 1.60. The lowest BCUT2D eigenvalue weighted by Crippen LogP contribution is -2.25. The predicted molar refractivity (Wildman–Crippen MR) is 60.1 cm³/mol. The average molecular weight is 239 g/mol. The van der Waals surface area contributed by atoms with Gasteiger partial charge in [0.1, 0.15) is 0 Å². The highest BCUT2D eigenvalue weighted by molar-refractivity contribution is 7.10. The average Bonchev–Trinajstić information content (AvgIpc) is 2.94. The molecule has 0 aliphatic heterocycles. The van der Waals surface area contributed by atoms with Gasteiger partial charge in [0.05, 0.1) is 18.4 Å². The van der Waals surface area contributed by atoms with Crippen molar-refractivity contribution in [3.05, 3.63) is 21.9 Å². The Morgan fingerprint density at radius 2 is 2.31 bits per heavy atom. The van der Waals surface area contributed by atoms with E-state index in [1.165, 1.54) is 0 Å². The summed E-state index contributed by atoms with van der Waals surface area (Å²) < 4.78 is 0. The molecule has 1 aromatic rings. The third-order valence-electron chi connectivity index (χ3n) is 2.84. The van der Waals surface area contributed by atoms with E-state index < -0.39 is 11.9 Å². The van der Waals surface area contributed by atoms with Crippen molar-refractivity contribution >= 4 is 23.2 Å². The maximum Gasteiger partial charge on any atom is 0.307 e. The van der Waals surface area contributed by atoms with Gasteiger partial charge in [0, 0.05) is 4.88 Å². The van der Waals surface area contributed by atoms with E-state index in [0.29, 0.717) is 13.0 Å². The van der Waals surface area contributed by atoms with E-state index in [-0.39, 0.29) is 11.8 Å². The molecule has 0 spiro atoms. The Hall–Kier alpha value is -1.36. The van der Waals surface area contributed by atoms with Crippen molar-refractivity contribution in [1.29, 1.82) is 0 Å². The maximum atomic E-state index is 11.6. The Balaban J connectivity index is 1.82. The molecule has 2 N–H and O–H groups in total. The standard InChI is InChI=1S/C11H13NO3S/c1-6-2-3-16-9(6)5-12-10(13)7-4-8(7)11(14)15/h2-3,7-8H,4-5H2,1H3,(H,12,13)(H,14,15).